The van der Waals surface area contributed by atoms with E-state index in [9.17, 15) is 52.7 Å². The van der Waals surface area contributed by atoms with Gasteiger partial charge in [0.1, 0.15) is 0 Å². The Kier molecular flexibility index (Phi) is 8.19. The smallest absolute Gasteiger partial charge is 0.309 e. The first kappa shape index (κ1) is 34.2. The van der Waals surface area contributed by atoms with E-state index in [1.54, 1.807) is 18.2 Å². The molecule has 0 saturated carbocycles. The Morgan fingerprint density at radius 3 is 1.67 bits per heavy atom. The monoisotopic (exact) mass is 697 g/mol. The van der Waals surface area contributed by atoms with Crippen LogP contribution in [-0.2, 0) is 31.1 Å². The lowest BCUT2D eigenvalue weighted by molar-refractivity contribution is -0.144. The number of nitrogens with zero attached hydrogens (tertiary/aromatic N) is 1. The van der Waals surface area contributed by atoms with Crippen molar-refractivity contribution < 1.29 is 52.7 Å². The van der Waals surface area contributed by atoms with Crippen molar-refractivity contribution in [3.63, 3.8) is 0 Å². The number of rotatable bonds is 4. The van der Waals surface area contributed by atoms with Gasteiger partial charge in [0, 0.05) is 27.6 Å². The number of alkyl halides is 12. The molecular weight excluding hydrogens is 674 g/mol. The molecule has 1 nitrogen and oxygen atoms in total. The quantitative estimate of drug-likeness (QED) is 0.165. The average molecular weight is 698 g/mol. The van der Waals surface area contributed by atoms with E-state index < -0.39 is 52.9 Å². The van der Waals surface area contributed by atoms with E-state index in [1.165, 1.54) is 24.3 Å². The van der Waals surface area contributed by atoms with E-state index in [2.05, 4.69) is 0 Å². The molecule has 49 heavy (non-hydrogen) atoms. The van der Waals surface area contributed by atoms with Crippen molar-refractivity contribution in [2.75, 3.05) is 0 Å². The molecule has 4 aromatic carbocycles. The molecule has 1 atom stereocenters. The van der Waals surface area contributed by atoms with Gasteiger partial charge in [-0.05, 0) is 89.7 Å². The maximum atomic E-state index is 13.7. The molecule has 0 fully saturated rings. The highest BCUT2D eigenvalue weighted by Crippen LogP contribution is 2.41. The molecule has 0 aliphatic heterocycles. The minimum Gasteiger partial charge on any atom is -0.309 e. The Hall–Kier alpha value is -4.68. The second-order valence-corrected chi connectivity index (χ2v) is 11.7. The standard InChI is InChI=1S/C36H23F12N/c1-2-19-5-3-4-6-30(19)49-31-9-7-20(22-11-24(33(37,38)39)17-25(12-22)34(40,41)42)15-28(31)29-16-21(8-10-32(29)49)23-13-26(35(43,44)45)18-27(14-23)36(46,47)48/h3-7,9-18,21H,2,8H2,1H3. The van der Waals surface area contributed by atoms with Crippen molar-refractivity contribution in [3.05, 3.63) is 123 Å². The van der Waals surface area contributed by atoms with Crippen LogP contribution in [0, 0.1) is 0 Å². The van der Waals surface area contributed by atoms with Gasteiger partial charge in [-0.2, -0.15) is 52.7 Å². The maximum Gasteiger partial charge on any atom is 0.416 e. The lowest BCUT2D eigenvalue weighted by Crippen LogP contribution is -2.32. The summed E-state index contributed by atoms with van der Waals surface area (Å²) in [5.74, 6) is -0.981. The minimum absolute atomic E-state index is 0.00560. The molecule has 1 aliphatic carbocycles. The number of para-hydroxylation sites is 1. The summed E-state index contributed by atoms with van der Waals surface area (Å²) in [6.45, 7) is 1.90. The number of fused-ring (bicyclic) bond motifs is 3. The summed E-state index contributed by atoms with van der Waals surface area (Å²) in [7, 11) is 0. The lowest BCUT2D eigenvalue weighted by Gasteiger charge is -2.19. The Bertz CT molecular complexity index is 2130. The largest absolute Gasteiger partial charge is 0.416 e. The van der Waals surface area contributed by atoms with Crippen molar-refractivity contribution in [3.8, 4) is 16.8 Å². The third-order valence-corrected chi connectivity index (χ3v) is 8.55. The van der Waals surface area contributed by atoms with Gasteiger partial charge in [-0.25, -0.2) is 0 Å². The van der Waals surface area contributed by atoms with E-state index in [0.717, 1.165) is 5.56 Å². The normalized spacial score (nSPS) is 15.6. The van der Waals surface area contributed by atoms with Crippen molar-refractivity contribution in [2.24, 2.45) is 0 Å². The topological polar surface area (TPSA) is 4.93 Å². The molecule has 0 spiro atoms. The summed E-state index contributed by atoms with van der Waals surface area (Å²) >= 11 is 0. The highest BCUT2D eigenvalue weighted by molar-refractivity contribution is 5.89. The van der Waals surface area contributed by atoms with Gasteiger partial charge in [0.2, 0.25) is 0 Å². The Labute approximate surface area is 270 Å². The van der Waals surface area contributed by atoms with Gasteiger partial charge in [0.05, 0.1) is 27.8 Å². The van der Waals surface area contributed by atoms with Crippen LogP contribution in [0.4, 0.5) is 52.7 Å². The van der Waals surface area contributed by atoms with Crippen molar-refractivity contribution in [1.29, 1.82) is 0 Å². The molecule has 0 N–H and O–H groups in total. The van der Waals surface area contributed by atoms with Gasteiger partial charge in [0.15, 0.2) is 0 Å². The zero-order valence-electron chi connectivity index (χ0n) is 25.1. The van der Waals surface area contributed by atoms with Crippen LogP contribution in [0.5, 0.6) is 0 Å². The fraction of sp³-hybridized carbons (Fsp3) is 0.222. The summed E-state index contributed by atoms with van der Waals surface area (Å²) in [5, 5.41) is 1.20. The summed E-state index contributed by atoms with van der Waals surface area (Å²) in [4.78, 5) is 0. The third kappa shape index (κ3) is 6.54. The van der Waals surface area contributed by atoms with Crippen molar-refractivity contribution in [1.82, 2.24) is 4.57 Å². The van der Waals surface area contributed by atoms with Crippen molar-refractivity contribution >= 4 is 23.1 Å². The van der Waals surface area contributed by atoms with Crippen LogP contribution in [0.2, 0.25) is 0 Å². The zero-order valence-corrected chi connectivity index (χ0v) is 25.1. The molecule has 256 valence electrons. The second-order valence-electron chi connectivity index (χ2n) is 11.7. The molecule has 0 amide bonds. The first-order valence-electron chi connectivity index (χ1n) is 14.8. The summed E-state index contributed by atoms with van der Waals surface area (Å²) in [6, 6.07) is 14.0. The molecular formula is C36H23F12N. The number of hydrogen-bond donors (Lipinski definition) is 0. The number of aryl methyl sites for hydroxylation is 1. The highest BCUT2D eigenvalue weighted by atomic mass is 19.4. The lowest BCUT2D eigenvalue weighted by atomic mass is 9.89. The van der Waals surface area contributed by atoms with E-state index in [4.69, 9.17) is 0 Å². The predicted octanol–water partition coefficient (Wildman–Crippen LogP) is 10.7. The van der Waals surface area contributed by atoms with E-state index in [0.29, 0.717) is 57.8 Å². The van der Waals surface area contributed by atoms with Gasteiger partial charge in [-0.1, -0.05) is 43.3 Å². The molecule has 1 unspecified atom stereocenters. The Morgan fingerprint density at radius 1 is 0.612 bits per heavy atom. The average Bonchev–Trinajstić information content (AvgIpc) is 3.35. The van der Waals surface area contributed by atoms with E-state index in [-0.39, 0.29) is 35.2 Å². The minimum atomic E-state index is -5.09. The summed E-state index contributed by atoms with van der Waals surface area (Å²) in [6.07, 6.45) is -16.6. The molecule has 0 saturated heterocycles. The third-order valence-electron chi connectivity index (χ3n) is 8.55. The SMILES string of the molecule is CCc1ccccc1-n1c2c(c3cc(-c4cc(C(F)(F)F)cc(C(F)(F)F)c4)ccc31)=CC(c1cc(C(F)(F)F)cc(C(F)(F)F)c1)CC=2. The van der Waals surface area contributed by atoms with Crippen LogP contribution in [-0.4, -0.2) is 4.57 Å². The highest BCUT2D eigenvalue weighted by Gasteiger charge is 2.39. The Morgan fingerprint density at radius 2 is 1.14 bits per heavy atom. The summed E-state index contributed by atoms with van der Waals surface area (Å²) in [5.41, 5.74) is -4.60. The fourth-order valence-corrected chi connectivity index (χ4v) is 6.23. The van der Waals surface area contributed by atoms with E-state index >= 15 is 0 Å². The maximum absolute atomic E-state index is 13.7. The van der Waals surface area contributed by atoms with Crippen LogP contribution < -0.4 is 10.6 Å². The molecule has 5 aromatic rings. The summed E-state index contributed by atoms with van der Waals surface area (Å²) < 4.78 is 166. The van der Waals surface area contributed by atoms with Crippen LogP contribution in [0.1, 0.15) is 52.6 Å². The van der Waals surface area contributed by atoms with Crippen LogP contribution in [0.15, 0.2) is 78.9 Å². The number of halogens is 12. The number of hydrogen-bond acceptors (Lipinski definition) is 0. The molecule has 0 bridgehead atoms. The zero-order chi connectivity index (χ0) is 35.7. The van der Waals surface area contributed by atoms with Crippen molar-refractivity contribution in [2.45, 2.75) is 50.4 Å². The first-order valence-corrected chi connectivity index (χ1v) is 14.8. The van der Waals surface area contributed by atoms with Gasteiger partial charge in [0.25, 0.3) is 0 Å². The molecule has 1 heterocycles. The number of benzene rings is 4. The van der Waals surface area contributed by atoms with Gasteiger partial charge in [-0.15, -0.1) is 0 Å². The van der Waals surface area contributed by atoms with Gasteiger partial charge >= 0.3 is 24.7 Å². The Balaban J connectivity index is 1.64. The van der Waals surface area contributed by atoms with E-state index in [1.807, 2.05) is 23.6 Å². The van der Waals surface area contributed by atoms with Gasteiger partial charge < -0.3 is 4.57 Å². The first-order chi connectivity index (χ1) is 22.8. The number of aromatic nitrogens is 1. The van der Waals surface area contributed by atoms with Crippen LogP contribution >= 0.6 is 0 Å². The predicted molar refractivity (Wildman–Crippen MR) is 160 cm³/mol. The fourth-order valence-electron chi connectivity index (χ4n) is 6.23. The van der Waals surface area contributed by atoms with Crippen LogP contribution in [0.25, 0.3) is 39.9 Å². The van der Waals surface area contributed by atoms with Gasteiger partial charge in [-0.3, -0.25) is 0 Å². The molecule has 1 aromatic heterocycles. The molecule has 1 aliphatic rings. The van der Waals surface area contributed by atoms with Crippen LogP contribution in [0.3, 0.4) is 0 Å². The molecule has 13 heteroatoms. The molecule has 6 rings (SSSR count). The second kappa shape index (κ2) is 11.7. The molecule has 0 radical (unpaired) electrons.